The highest BCUT2D eigenvalue weighted by molar-refractivity contribution is 5.98. The average Bonchev–Trinajstić information content (AvgIpc) is 2.61. The predicted octanol–water partition coefficient (Wildman–Crippen LogP) is 1.35. The standard InChI is InChI=1S/C16H12F2N8O/c1-27-13-7(2-6(17)3-9(13)18)12-10-11(21)8(4-19)14(22)25-15(10)26-16(24-12)23-5-20/h2-3,12H,1H3,(H6,21,22,23,24,25,26). The number of nitriles is 2. The van der Waals surface area contributed by atoms with E-state index in [0.29, 0.717) is 6.07 Å². The van der Waals surface area contributed by atoms with Gasteiger partial charge >= 0.3 is 0 Å². The Balaban J connectivity index is 2.34. The van der Waals surface area contributed by atoms with Crippen molar-refractivity contribution in [2.45, 2.75) is 6.04 Å². The van der Waals surface area contributed by atoms with Crippen molar-refractivity contribution < 1.29 is 13.5 Å². The van der Waals surface area contributed by atoms with Crippen LogP contribution in [0.4, 0.5) is 26.1 Å². The summed E-state index contributed by atoms with van der Waals surface area (Å²) in [4.78, 5) is 8.29. The van der Waals surface area contributed by atoms with Crippen molar-refractivity contribution in [3.8, 4) is 18.0 Å². The molecular weight excluding hydrogens is 358 g/mol. The second kappa shape index (κ2) is 6.65. The fourth-order valence-electron chi connectivity index (χ4n) is 2.80. The van der Waals surface area contributed by atoms with Gasteiger partial charge in [0, 0.05) is 17.2 Å². The molecule has 3 rings (SSSR count). The van der Waals surface area contributed by atoms with Crippen molar-refractivity contribution in [3.63, 3.8) is 0 Å². The summed E-state index contributed by atoms with van der Waals surface area (Å²) >= 11 is 0. The van der Waals surface area contributed by atoms with Gasteiger partial charge < -0.3 is 21.5 Å². The zero-order valence-electron chi connectivity index (χ0n) is 13.8. The zero-order chi connectivity index (χ0) is 19.7. The quantitative estimate of drug-likeness (QED) is 0.455. The number of ether oxygens (including phenoxy) is 1. The van der Waals surface area contributed by atoms with Gasteiger partial charge in [0.25, 0.3) is 0 Å². The van der Waals surface area contributed by atoms with E-state index in [1.807, 2.05) is 6.07 Å². The number of hydrogen-bond acceptors (Lipinski definition) is 9. The summed E-state index contributed by atoms with van der Waals surface area (Å²) in [7, 11) is 1.21. The van der Waals surface area contributed by atoms with Crippen LogP contribution in [0.5, 0.6) is 5.75 Å². The van der Waals surface area contributed by atoms with Crippen LogP contribution in [0.3, 0.4) is 0 Å². The van der Waals surface area contributed by atoms with Crippen molar-refractivity contribution in [2.75, 3.05) is 23.9 Å². The molecule has 2 aromatic rings. The van der Waals surface area contributed by atoms with E-state index in [2.05, 4.69) is 20.6 Å². The molecule has 0 saturated heterocycles. The summed E-state index contributed by atoms with van der Waals surface area (Å²) in [6.07, 6.45) is 1.68. The molecular formula is C16H12F2N8O. The first-order valence-electron chi connectivity index (χ1n) is 7.43. The largest absolute Gasteiger partial charge is 0.493 e. The zero-order valence-corrected chi connectivity index (χ0v) is 13.8. The number of halogens is 2. The van der Waals surface area contributed by atoms with E-state index in [1.165, 1.54) is 7.11 Å². The summed E-state index contributed by atoms with van der Waals surface area (Å²) in [6, 6.07) is 2.41. The SMILES string of the molecule is COc1c(F)cc(F)cc1C1N=C(NC#N)Nc2nc(N)c(C#N)c(N)c21. The first-order valence-corrected chi connectivity index (χ1v) is 7.43. The van der Waals surface area contributed by atoms with Gasteiger partial charge in [0.2, 0.25) is 5.96 Å². The topological polar surface area (TPSA) is 158 Å². The molecule has 0 fully saturated rings. The van der Waals surface area contributed by atoms with Gasteiger partial charge in [-0.05, 0) is 6.07 Å². The summed E-state index contributed by atoms with van der Waals surface area (Å²) in [5.74, 6) is -2.17. The molecule has 1 aliphatic rings. The van der Waals surface area contributed by atoms with Crippen LogP contribution in [0.15, 0.2) is 17.1 Å². The number of nitrogens with one attached hydrogen (secondary N) is 2. The number of pyridine rings is 1. The number of anilines is 3. The molecule has 1 aromatic heterocycles. The number of methoxy groups -OCH3 is 1. The number of aromatic nitrogens is 1. The Labute approximate surface area is 151 Å². The Morgan fingerprint density at radius 3 is 2.67 bits per heavy atom. The monoisotopic (exact) mass is 370 g/mol. The third-order valence-corrected chi connectivity index (χ3v) is 3.89. The lowest BCUT2D eigenvalue weighted by atomic mass is 9.94. The molecule has 9 nitrogen and oxygen atoms in total. The number of nitrogen functional groups attached to an aromatic ring is 2. The Hall–Kier alpha value is -4.12. The minimum Gasteiger partial charge on any atom is -0.493 e. The van der Waals surface area contributed by atoms with Gasteiger partial charge in [0.15, 0.2) is 17.8 Å². The molecule has 0 amide bonds. The number of aliphatic imine (C=N–C) groups is 1. The predicted molar refractivity (Wildman–Crippen MR) is 92.3 cm³/mol. The highest BCUT2D eigenvalue weighted by Gasteiger charge is 2.32. The van der Waals surface area contributed by atoms with Crippen molar-refractivity contribution in [3.05, 3.63) is 40.5 Å². The number of fused-ring (bicyclic) bond motifs is 1. The van der Waals surface area contributed by atoms with E-state index in [4.69, 9.17) is 21.5 Å². The van der Waals surface area contributed by atoms with Gasteiger partial charge in [0.1, 0.15) is 35.1 Å². The summed E-state index contributed by atoms with van der Waals surface area (Å²) in [5, 5.41) is 23.1. The van der Waals surface area contributed by atoms with Gasteiger partial charge in [-0.25, -0.2) is 18.8 Å². The molecule has 0 aliphatic carbocycles. The van der Waals surface area contributed by atoms with Crippen molar-refractivity contribution >= 4 is 23.3 Å². The van der Waals surface area contributed by atoms with Crippen LogP contribution in [0.25, 0.3) is 0 Å². The smallest absolute Gasteiger partial charge is 0.211 e. The average molecular weight is 370 g/mol. The lowest BCUT2D eigenvalue weighted by molar-refractivity contribution is 0.377. The number of rotatable bonds is 2. The molecule has 1 aromatic carbocycles. The minimum atomic E-state index is -1.11. The van der Waals surface area contributed by atoms with Crippen LogP contribution in [-0.4, -0.2) is 18.1 Å². The van der Waals surface area contributed by atoms with E-state index in [9.17, 15) is 14.0 Å². The fraction of sp³-hybridized carbons (Fsp3) is 0.125. The number of nitrogens with two attached hydrogens (primary N) is 2. The highest BCUT2D eigenvalue weighted by Crippen LogP contribution is 2.43. The molecule has 0 spiro atoms. The molecule has 6 N–H and O–H groups in total. The number of hydrogen-bond donors (Lipinski definition) is 4. The molecule has 1 unspecified atom stereocenters. The summed E-state index contributed by atoms with van der Waals surface area (Å²) in [6.45, 7) is 0. The molecule has 0 radical (unpaired) electrons. The summed E-state index contributed by atoms with van der Waals surface area (Å²) < 4.78 is 33.1. The van der Waals surface area contributed by atoms with Crippen LogP contribution >= 0.6 is 0 Å². The molecule has 1 atom stereocenters. The van der Waals surface area contributed by atoms with E-state index >= 15 is 0 Å². The maximum atomic E-state index is 14.2. The van der Waals surface area contributed by atoms with Gasteiger partial charge in [-0.1, -0.05) is 0 Å². The molecule has 136 valence electrons. The molecule has 0 saturated carbocycles. The van der Waals surface area contributed by atoms with Crippen molar-refractivity contribution in [1.29, 1.82) is 10.5 Å². The molecule has 2 heterocycles. The van der Waals surface area contributed by atoms with Gasteiger partial charge in [-0.15, -0.1) is 0 Å². The Morgan fingerprint density at radius 2 is 2.04 bits per heavy atom. The van der Waals surface area contributed by atoms with E-state index in [-0.39, 0.29) is 45.7 Å². The Bertz CT molecular complexity index is 1050. The maximum absolute atomic E-state index is 14.2. The van der Waals surface area contributed by atoms with Crippen molar-refractivity contribution in [2.24, 2.45) is 4.99 Å². The van der Waals surface area contributed by atoms with E-state index in [1.54, 1.807) is 6.19 Å². The van der Waals surface area contributed by atoms with Crippen LogP contribution in [-0.2, 0) is 0 Å². The highest BCUT2D eigenvalue weighted by atomic mass is 19.1. The first kappa shape index (κ1) is 17.7. The van der Waals surface area contributed by atoms with Crippen LogP contribution in [0, 0.1) is 34.4 Å². The molecule has 1 aliphatic heterocycles. The Kier molecular flexibility index (Phi) is 4.36. The van der Waals surface area contributed by atoms with Gasteiger partial charge in [0.05, 0.1) is 12.8 Å². The minimum absolute atomic E-state index is 0.00264. The van der Waals surface area contributed by atoms with Crippen LogP contribution in [0.1, 0.15) is 22.7 Å². The lowest BCUT2D eigenvalue weighted by Crippen LogP contribution is -2.33. The third kappa shape index (κ3) is 2.87. The van der Waals surface area contributed by atoms with E-state index in [0.717, 1.165) is 6.07 Å². The van der Waals surface area contributed by atoms with Crippen molar-refractivity contribution in [1.82, 2.24) is 10.3 Å². The van der Waals surface area contributed by atoms with Gasteiger partial charge in [-0.2, -0.15) is 10.5 Å². The maximum Gasteiger partial charge on any atom is 0.211 e. The second-order valence-electron chi connectivity index (χ2n) is 5.41. The van der Waals surface area contributed by atoms with Crippen LogP contribution in [0.2, 0.25) is 0 Å². The van der Waals surface area contributed by atoms with Gasteiger partial charge in [-0.3, -0.25) is 5.32 Å². The number of guanidine groups is 1. The fourth-order valence-corrected chi connectivity index (χ4v) is 2.80. The molecule has 11 heteroatoms. The first-order chi connectivity index (χ1) is 12.9. The normalized spacial score (nSPS) is 14.9. The second-order valence-corrected chi connectivity index (χ2v) is 5.41. The lowest BCUT2D eigenvalue weighted by Gasteiger charge is -2.27. The number of benzene rings is 1. The number of nitrogens with zero attached hydrogens (tertiary/aromatic N) is 4. The summed E-state index contributed by atoms with van der Waals surface area (Å²) in [5.41, 5.74) is 11.8. The van der Waals surface area contributed by atoms with Crippen LogP contribution < -0.4 is 26.8 Å². The molecule has 0 bridgehead atoms. The Morgan fingerprint density at radius 1 is 1.30 bits per heavy atom. The van der Waals surface area contributed by atoms with E-state index < -0.39 is 17.7 Å². The third-order valence-electron chi connectivity index (χ3n) is 3.89. The molecule has 27 heavy (non-hydrogen) atoms.